The van der Waals surface area contributed by atoms with Crippen LogP contribution in [0.25, 0.3) is 5.57 Å². The molecule has 2 aliphatic heterocycles. The molecular weight excluding hydrogens is 488 g/mol. The summed E-state index contributed by atoms with van der Waals surface area (Å²) in [7, 11) is 0. The van der Waals surface area contributed by atoms with Crippen molar-refractivity contribution in [2.75, 3.05) is 37.7 Å². The van der Waals surface area contributed by atoms with Gasteiger partial charge in [0.15, 0.2) is 11.6 Å². The van der Waals surface area contributed by atoms with Crippen molar-refractivity contribution < 1.29 is 23.4 Å². The van der Waals surface area contributed by atoms with Gasteiger partial charge in [-0.3, -0.25) is 4.79 Å². The molecule has 5 rings (SSSR count). The summed E-state index contributed by atoms with van der Waals surface area (Å²) in [6.07, 6.45) is 1.90. The van der Waals surface area contributed by atoms with E-state index in [1.54, 1.807) is 6.92 Å². The molecule has 2 aromatic rings. The van der Waals surface area contributed by atoms with Crippen LogP contribution in [0.2, 0.25) is 5.02 Å². The van der Waals surface area contributed by atoms with Crippen LogP contribution in [0.3, 0.4) is 0 Å². The second-order valence-corrected chi connectivity index (χ2v) is 9.90. The van der Waals surface area contributed by atoms with Crippen molar-refractivity contribution in [2.45, 2.75) is 18.9 Å². The number of primary amides is 1. The van der Waals surface area contributed by atoms with Gasteiger partial charge in [-0.1, -0.05) is 48.9 Å². The number of aliphatic hydroxyl groups excluding tert-OH is 1. The van der Waals surface area contributed by atoms with E-state index >= 15 is 8.78 Å². The van der Waals surface area contributed by atoms with E-state index in [1.807, 2.05) is 30.3 Å². The number of carbonyl (C=O) groups excluding carboxylic acids is 1. The molecule has 1 fully saturated rings. The van der Waals surface area contributed by atoms with E-state index in [0.29, 0.717) is 37.3 Å². The molecule has 0 bridgehead atoms. The molecule has 1 saturated heterocycles. The normalized spacial score (nSPS) is 25.4. The predicted octanol–water partition coefficient (Wildman–Crippen LogP) is 3.66. The molecule has 0 radical (unpaired) electrons. The van der Waals surface area contributed by atoms with Crippen LogP contribution in [-0.2, 0) is 21.5 Å². The summed E-state index contributed by atoms with van der Waals surface area (Å²) in [5, 5.41) is 12.4. The molecule has 3 aliphatic rings. The first kappa shape index (κ1) is 24.7. The number of hydrogen-bond acceptors (Lipinski definition) is 5. The molecular formula is C27H28ClF2N3O3. The number of anilines is 1. The lowest BCUT2D eigenvalue weighted by Crippen LogP contribution is -2.57. The van der Waals surface area contributed by atoms with Gasteiger partial charge in [-0.2, -0.15) is 0 Å². The Labute approximate surface area is 213 Å². The van der Waals surface area contributed by atoms with E-state index < -0.39 is 34.9 Å². The summed E-state index contributed by atoms with van der Waals surface area (Å²) in [6, 6.07) is 11.3. The molecule has 9 heteroatoms. The standard InChI is InChI=1S/C27H28ClF2N3O3/c1-15-11-20(36-10-9-34)25(30)23(21(15)26(31)35)22-17-13-27(16-5-3-2-4-6-16)14-32-7-8-33(27)19(17)12-18(29)24(22)28/h2-6,11-12,15,21,32,34H,7-10,13-14H2,1H3,(H2,31,35)/t15?,21?,27-/m0/s1. The number of allylic oxidation sites excluding steroid dienone is 2. The number of aliphatic hydroxyl groups is 1. The lowest BCUT2D eigenvalue weighted by Gasteiger charge is -2.45. The fraction of sp³-hybridized carbons (Fsp3) is 0.370. The van der Waals surface area contributed by atoms with E-state index in [9.17, 15) is 9.90 Å². The SMILES string of the molecule is CC1C=C(OCCO)C(F)=C(c2c(Cl)c(F)cc3c2C[C@@]2(c4ccccc4)CNCCN32)C1C(N)=O. The monoisotopic (exact) mass is 515 g/mol. The van der Waals surface area contributed by atoms with Gasteiger partial charge in [0.25, 0.3) is 0 Å². The molecule has 3 atom stereocenters. The average Bonchev–Trinajstić information content (AvgIpc) is 3.20. The van der Waals surface area contributed by atoms with Crippen LogP contribution in [0.1, 0.15) is 23.6 Å². The molecule has 0 spiro atoms. The van der Waals surface area contributed by atoms with Gasteiger partial charge >= 0.3 is 0 Å². The molecule has 2 aromatic carbocycles. The highest BCUT2D eigenvalue weighted by Gasteiger charge is 2.49. The number of hydrogen-bond donors (Lipinski definition) is 3. The summed E-state index contributed by atoms with van der Waals surface area (Å²) in [5.74, 6) is -3.98. The highest BCUT2D eigenvalue weighted by Crippen LogP contribution is 2.53. The summed E-state index contributed by atoms with van der Waals surface area (Å²) < 4.78 is 36.9. The van der Waals surface area contributed by atoms with Gasteiger partial charge < -0.3 is 25.8 Å². The summed E-state index contributed by atoms with van der Waals surface area (Å²) in [6.45, 7) is 3.19. The number of nitrogens with zero attached hydrogens (tertiary/aromatic N) is 1. The summed E-state index contributed by atoms with van der Waals surface area (Å²) in [4.78, 5) is 14.8. The number of fused-ring (bicyclic) bond motifs is 3. The quantitative estimate of drug-likeness (QED) is 0.546. The van der Waals surface area contributed by atoms with Crippen molar-refractivity contribution in [2.24, 2.45) is 17.6 Å². The van der Waals surface area contributed by atoms with Crippen LogP contribution < -0.4 is 16.0 Å². The van der Waals surface area contributed by atoms with Crippen LogP contribution in [0, 0.1) is 17.7 Å². The van der Waals surface area contributed by atoms with Crippen molar-refractivity contribution >= 4 is 28.8 Å². The fourth-order valence-corrected chi connectivity index (χ4v) is 6.20. The largest absolute Gasteiger partial charge is 0.488 e. The number of amides is 1. The highest BCUT2D eigenvalue weighted by atomic mass is 35.5. The van der Waals surface area contributed by atoms with E-state index in [1.165, 1.54) is 12.1 Å². The molecule has 2 unspecified atom stereocenters. The molecule has 1 aliphatic carbocycles. The highest BCUT2D eigenvalue weighted by molar-refractivity contribution is 6.33. The average molecular weight is 516 g/mol. The second-order valence-electron chi connectivity index (χ2n) is 9.52. The Kier molecular flexibility index (Phi) is 6.53. The van der Waals surface area contributed by atoms with E-state index in [4.69, 9.17) is 22.1 Å². The maximum absolute atomic E-state index is 16.1. The summed E-state index contributed by atoms with van der Waals surface area (Å²) in [5.41, 5.74) is 7.65. The molecule has 1 amide bonds. The van der Waals surface area contributed by atoms with Gasteiger partial charge in [-0.05, 0) is 29.2 Å². The number of piperazine rings is 1. The van der Waals surface area contributed by atoms with Crippen LogP contribution in [0.15, 0.2) is 54.1 Å². The first-order chi connectivity index (χ1) is 17.3. The zero-order valence-corrected chi connectivity index (χ0v) is 20.6. The first-order valence-electron chi connectivity index (χ1n) is 12.0. The third kappa shape index (κ3) is 3.79. The van der Waals surface area contributed by atoms with Crippen molar-refractivity contribution in [3.05, 3.63) is 81.6 Å². The predicted molar refractivity (Wildman–Crippen MR) is 134 cm³/mol. The van der Waals surface area contributed by atoms with Crippen molar-refractivity contribution in [3.63, 3.8) is 0 Å². The lowest BCUT2D eigenvalue weighted by atomic mass is 9.76. The fourth-order valence-electron chi connectivity index (χ4n) is 5.93. The zero-order chi connectivity index (χ0) is 25.6. The number of benzene rings is 2. The molecule has 4 N–H and O–H groups in total. The first-order valence-corrected chi connectivity index (χ1v) is 12.4. The van der Waals surface area contributed by atoms with Crippen molar-refractivity contribution in [1.29, 1.82) is 0 Å². The Morgan fingerprint density at radius 2 is 2.08 bits per heavy atom. The lowest BCUT2D eigenvalue weighted by molar-refractivity contribution is -0.121. The van der Waals surface area contributed by atoms with Crippen LogP contribution in [-0.4, -0.2) is 43.9 Å². The minimum atomic E-state index is -1.07. The molecule has 0 aromatic heterocycles. The van der Waals surface area contributed by atoms with Crippen LogP contribution in [0.5, 0.6) is 0 Å². The number of carbonyl (C=O) groups is 1. The number of nitrogens with two attached hydrogens (primary N) is 1. The Balaban J connectivity index is 1.75. The smallest absolute Gasteiger partial charge is 0.225 e. The van der Waals surface area contributed by atoms with Crippen molar-refractivity contribution in [1.82, 2.24) is 5.32 Å². The minimum absolute atomic E-state index is 0.0674. The molecule has 0 saturated carbocycles. The van der Waals surface area contributed by atoms with Gasteiger partial charge in [0.1, 0.15) is 12.4 Å². The summed E-state index contributed by atoms with van der Waals surface area (Å²) >= 11 is 6.57. The maximum atomic E-state index is 16.1. The molecule has 2 heterocycles. The van der Waals surface area contributed by atoms with Crippen molar-refractivity contribution in [3.8, 4) is 0 Å². The number of rotatable bonds is 6. The topological polar surface area (TPSA) is 87.8 Å². The third-order valence-electron chi connectivity index (χ3n) is 7.45. The maximum Gasteiger partial charge on any atom is 0.225 e. The molecule has 190 valence electrons. The van der Waals surface area contributed by atoms with Gasteiger partial charge in [-0.15, -0.1) is 0 Å². The van der Waals surface area contributed by atoms with E-state index in [-0.39, 0.29) is 35.1 Å². The zero-order valence-electron chi connectivity index (χ0n) is 19.9. The van der Waals surface area contributed by atoms with Gasteiger partial charge in [-0.25, -0.2) is 8.78 Å². The minimum Gasteiger partial charge on any atom is -0.488 e. The van der Waals surface area contributed by atoms with Crippen LogP contribution >= 0.6 is 11.6 Å². The van der Waals surface area contributed by atoms with Crippen LogP contribution in [0.4, 0.5) is 14.5 Å². The van der Waals surface area contributed by atoms with Gasteiger partial charge in [0, 0.05) is 42.9 Å². The Bertz CT molecular complexity index is 1270. The second kappa shape index (κ2) is 9.50. The Hall–Kier alpha value is -2.94. The molecule has 6 nitrogen and oxygen atoms in total. The number of halogens is 3. The van der Waals surface area contributed by atoms with Gasteiger partial charge in [0.2, 0.25) is 5.91 Å². The van der Waals surface area contributed by atoms with E-state index in [0.717, 1.165) is 5.56 Å². The Morgan fingerprint density at radius 1 is 1.33 bits per heavy atom. The number of ether oxygens (including phenoxy) is 1. The Morgan fingerprint density at radius 3 is 2.78 bits per heavy atom. The third-order valence-corrected chi connectivity index (χ3v) is 7.82. The molecule has 36 heavy (non-hydrogen) atoms. The van der Waals surface area contributed by atoms with E-state index in [2.05, 4.69) is 10.2 Å². The number of nitrogens with one attached hydrogen (secondary N) is 1. The van der Waals surface area contributed by atoms with Gasteiger partial charge in [0.05, 0.1) is 23.1 Å².